The fourth-order valence-electron chi connectivity index (χ4n) is 2.27. The maximum atomic E-state index is 12.8. The van der Waals surface area contributed by atoms with Crippen molar-refractivity contribution in [2.75, 3.05) is 23.7 Å². The zero-order chi connectivity index (χ0) is 14.9. The number of anilines is 2. The molecule has 0 bridgehead atoms. The molecule has 1 fully saturated rings. The van der Waals surface area contributed by atoms with Gasteiger partial charge in [0, 0.05) is 19.2 Å². The van der Waals surface area contributed by atoms with E-state index in [9.17, 15) is 23.3 Å². The van der Waals surface area contributed by atoms with Crippen LogP contribution in [-0.4, -0.2) is 29.2 Å². The van der Waals surface area contributed by atoms with Gasteiger partial charge in [-0.3, -0.25) is 10.1 Å². The van der Waals surface area contributed by atoms with Gasteiger partial charge in [0.1, 0.15) is 5.82 Å². The summed E-state index contributed by atoms with van der Waals surface area (Å²) in [6, 6.07) is 2.42. The minimum Gasteiger partial charge on any atom is -0.384 e. The van der Waals surface area contributed by atoms with Crippen molar-refractivity contribution in [2.45, 2.75) is 19.0 Å². The average molecular weight is 290 g/mol. The van der Waals surface area contributed by atoms with Crippen molar-refractivity contribution < 1.29 is 18.1 Å². The Bertz CT molecular complexity index is 521. The molecule has 1 atom stereocenters. The molecule has 0 aromatic carbocycles. The largest absolute Gasteiger partial charge is 0.393 e. The SMILES string of the molecule is Nc1ccc([N+](=O)[O-])c(N2CCCC(C(F)(F)F)C2)n1. The zero-order valence-corrected chi connectivity index (χ0v) is 10.4. The van der Waals surface area contributed by atoms with E-state index in [1.54, 1.807) is 0 Å². The molecule has 0 radical (unpaired) electrons. The van der Waals surface area contributed by atoms with E-state index in [-0.39, 0.29) is 30.3 Å². The number of hydrogen-bond donors (Lipinski definition) is 1. The number of nitrogen functional groups attached to an aromatic ring is 1. The van der Waals surface area contributed by atoms with Crippen LogP contribution in [-0.2, 0) is 0 Å². The number of halogens is 3. The molecule has 1 unspecified atom stereocenters. The minimum absolute atomic E-state index is 0.0239. The lowest BCUT2D eigenvalue weighted by molar-refractivity contribution is -0.384. The summed E-state index contributed by atoms with van der Waals surface area (Å²) in [6.07, 6.45) is -3.98. The highest BCUT2D eigenvalue weighted by molar-refractivity contribution is 5.61. The van der Waals surface area contributed by atoms with Crippen LogP contribution in [0.2, 0.25) is 0 Å². The van der Waals surface area contributed by atoms with E-state index >= 15 is 0 Å². The van der Waals surface area contributed by atoms with Crippen LogP contribution < -0.4 is 10.6 Å². The van der Waals surface area contributed by atoms with E-state index in [1.807, 2.05) is 0 Å². The van der Waals surface area contributed by atoms with Crippen LogP contribution >= 0.6 is 0 Å². The highest BCUT2D eigenvalue weighted by Crippen LogP contribution is 2.36. The summed E-state index contributed by atoms with van der Waals surface area (Å²) in [7, 11) is 0. The second kappa shape index (κ2) is 5.14. The Morgan fingerprint density at radius 3 is 2.75 bits per heavy atom. The predicted molar refractivity (Wildman–Crippen MR) is 66.3 cm³/mol. The first-order chi connectivity index (χ1) is 9.29. The standard InChI is InChI=1S/C11H13F3N4O2/c12-11(13,14)7-2-1-5-17(6-7)10-8(18(19)20)3-4-9(15)16-10/h3-4,7H,1-2,5-6H2,(H2,15,16). The summed E-state index contributed by atoms with van der Waals surface area (Å²) in [6.45, 7) is -0.0370. The number of pyridine rings is 1. The summed E-state index contributed by atoms with van der Waals surface area (Å²) < 4.78 is 38.3. The molecule has 0 saturated carbocycles. The fraction of sp³-hybridized carbons (Fsp3) is 0.545. The molecule has 20 heavy (non-hydrogen) atoms. The zero-order valence-electron chi connectivity index (χ0n) is 10.4. The maximum absolute atomic E-state index is 12.8. The van der Waals surface area contributed by atoms with Crippen molar-refractivity contribution in [3.8, 4) is 0 Å². The van der Waals surface area contributed by atoms with Crippen molar-refractivity contribution in [3.63, 3.8) is 0 Å². The van der Waals surface area contributed by atoms with Crippen molar-refractivity contribution in [3.05, 3.63) is 22.2 Å². The van der Waals surface area contributed by atoms with Gasteiger partial charge in [0.2, 0.25) is 5.82 Å². The Balaban J connectivity index is 2.31. The number of nitro groups is 1. The van der Waals surface area contributed by atoms with Gasteiger partial charge in [-0.15, -0.1) is 0 Å². The van der Waals surface area contributed by atoms with Gasteiger partial charge in [-0.2, -0.15) is 13.2 Å². The molecule has 0 spiro atoms. The summed E-state index contributed by atoms with van der Waals surface area (Å²) in [5.41, 5.74) is 5.14. The van der Waals surface area contributed by atoms with E-state index in [0.29, 0.717) is 13.0 Å². The van der Waals surface area contributed by atoms with Crippen LogP contribution in [0, 0.1) is 16.0 Å². The molecule has 9 heteroatoms. The lowest BCUT2D eigenvalue weighted by atomic mass is 9.97. The van der Waals surface area contributed by atoms with Gasteiger partial charge < -0.3 is 10.6 Å². The molecule has 1 aromatic heterocycles. The number of piperidine rings is 1. The van der Waals surface area contributed by atoms with E-state index in [4.69, 9.17) is 5.73 Å². The quantitative estimate of drug-likeness (QED) is 0.667. The smallest absolute Gasteiger partial charge is 0.384 e. The molecule has 2 rings (SSSR count). The van der Waals surface area contributed by atoms with E-state index < -0.39 is 17.0 Å². The molecule has 1 aliphatic heterocycles. The summed E-state index contributed by atoms with van der Waals surface area (Å²) in [4.78, 5) is 15.4. The molecule has 0 aliphatic carbocycles. The first-order valence-corrected chi connectivity index (χ1v) is 6.01. The molecule has 0 amide bonds. The molecular formula is C11H13F3N4O2. The Morgan fingerprint density at radius 1 is 1.45 bits per heavy atom. The van der Waals surface area contributed by atoms with Crippen molar-refractivity contribution in [1.29, 1.82) is 0 Å². The van der Waals surface area contributed by atoms with E-state index in [1.165, 1.54) is 11.0 Å². The average Bonchev–Trinajstić information content (AvgIpc) is 2.37. The molecule has 1 saturated heterocycles. The van der Waals surface area contributed by atoms with Crippen LogP contribution in [0.3, 0.4) is 0 Å². The third-order valence-electron chi connectivity index (χ3n) is 3.26. The third-order valence-corrected chi connectivity index (χ3v) is 3.26. The van der Waals surface area contributed by atoms with Crippen molar-refractivity contribution >= 4 is 17.3 Å². The Labute approximate surface area is 112 Å². The van der Waals surface area contributed by atoms with E-state index in [2.05, 4.69) is 4.98 Å². The minimum atomic E-state index is -4.31. The van der Waals surface area contributed by atoms with Gasteiger partial charge in [0.15, 0.2) is 0 Å². The van der Waals surface area contributed by atoms with Crippen LogP contribution in [0.15, 0.2) is 12.1 Å². The second-order valence-corrected chi connectivity index (χ2v) is 4.66. The third kappa shape index (κ3) is 2.91. The van der Waals surface area contributed by atoms with Gasteiger partial charge in [-0.1, -0.05) is 0 Å². The van der Waals surface area contributed by atoms with Gasteiger partial charge in [-0.05, 0) is 18.9 Å². The van der Waals surface area contributed by atoms with Crippen LogP contribution in [0.1, 0.15) is 12.8 Å². The van der Waals surface area contributed by atoms with Crippen molar-refractivity contribution in [2.24, 2.45) is 5.92 Å². The summed E-state index contributed by atoms with van der Waals surface area (Å²) in [5.74, 6) is -1.55. The lowest BCUT2D eigenvalue weighted by Gasteiger charge is -2.34. The Morgan fingerprint density at radius 2 is 2.15 bits per heavy atom. The van der Waals surface area contributed by atoms with Crippen LogP contribution in [0.4, 0.5) is 30.5 Å². The first-order valence-electron chi connectivity index (χ1n) is 6.01. The monoisotopic (exact) mass is 290 g/mol. The molecule has 2 N–H and O–H groups in total. The maximum Gasteiger partial charge on any atom is 0.393 e. The Kier molecular flexibility index (Phi) is 3.69. The summed E-state index contributed by atoms with van der Waals surface area (Å²) >= 11 is 0. The summed E-state index contributed by atoms with van der Waals surface area (Å²) in [5, 5.41) is 10.9. The van der Waals surface area contributed by atoms with Crippen molar-refractivity contribution in [1.82, 2.24) is 4.98 Å². The molecule has 1 aliphatic rings. The molecule has 6 nitrogen and oxygen atoms in total. The predicted octanol–water partition coefficient (Wildman–Crippen LogP) is 2.35. The fourth-order valence-corrected chi connectivity index (χ4v) is 2.27. The normalized spacial score (nSPS) is 19.9. The number of aromatic nitrogens is 1. The number of alkyl halides is 3. The highest BCUT2D eigenvalue weighted by Gasteiger charge is 2.42. The lowest BCUT2D eigenvalue weighted by Crippen LogP contribution is -2.42. The second-order valence-electron chi connectivity index (χ2n) is 4.66. The van der Waals surface area contributed by atoms with Gasteiger partial charge in [-0.25, -0.2) is 4.98 Å². The first kappa shape index (κ1) is 14.4. The topological polar surface area (TPSA) is 85.3 Å². The van der Waals surface area contributed by atoms with Crippen LogP contribution in [0.25, 0.3) is 0 Å². The molecule has 2 heterocycles. The molecular weight excluding hydrogens is 277 g/mol. The number of rotatable bonds is 2. The number of nitrogens with two attached hydrogens (primary N) is 1. The van der Waals surface area contributed by atoms with Gasteiger partial charge in [0.05, 0.1) is 10.8 Å². The van der Waals surface area contributed by atoms with E-state index in [0.717, 1.165) is 6.07 Å². The van der Waals surface area contributed by atoms with Gasteiger partial charge >= 0.3 is 11.9 Å². The van der Waals surface area contributed by atoms with Gasteiger partial charge in [0.25, 0.3) is 0 Å². The van der Waals surface area contributed by atoms with Crippen LogP contribution in [0.5, 0.6) is 0 Å². The molecule has 1 aromatic rings. The number of hydrogen-bond acceptors (Lipinski definition) is 5. The molecule has 110 valence electrons. The highest BCUT2D eigenvalue weighted by atomic mass is 19.4. The Hall–Kier alpha value is -2.06. The number of nitrogens with zero attached hydrogens (tertiary/aromatic N) is 3.